The molecule has 6 nitrogen and oxygen atoms in total. The number of benzene rings is 1. The standard InChI is InChI=1S/C7H10N2O4S2/c1-8-14(10,11)15(12,13)9-7-5-3-2-4-6-7/h2-6,8-9H,1H3. The smallest absolute Gasteiger partial charge is 0.270 e. The normalized spacial score (nSPS) is 12.3. The highest BCUT2D eigenvalue weighted by molar-refractivity contribution is 8.66. The lowest BCUT2D eigenvalue weighted by atomic mass is 10.3. The molecular formula is C7H10N2O4S2. The SMILES string of the molecule is CNS(=O)(=O)S(=O)(=O)Nc1ccccc1. The van der Waals surface area contributed by atoms with Crippen molar-refractivity contribution in [3.63, 3.8) is 0 Å². The first-order valence-corrected chi connectivity index (χ1v) is 7.39. The third kappa shape index (κ3) is 2.67. The van der Waals surface area contributed by atoms with E-state index in [2.05, 4.69) is 0 Å². The van der Waals surface area contributed by atoms with Crippen molar-refractivity contribution in [2.24, 2.45) is 0 Å². The maximum absolute atomic E-state index is 11.3. The van der Waals surface area contributed by atoms with E-state index in [0.29, 0.717) is 0 Å². The summed E-state index contributed by atoms with van der Waals surface area (Å²) < 4.78 is 48.4. The fraction of sp³-hybridized carbons (Fsp3) is 0.143. The average Bonchev–Trinajstić information content (AvgIpc) is 2.18. The van der Waals surface area contributed by atoms with Crippen LogP contribution in [0.4, 0.5) is 5.69 Å². The molecule has 0 amide bonds. The van der Waals surface area contributed by atoms with Crippen LogP contribution in [0, 0.1) is 0 Å². The number of hydrogen-bond acceptors (Lipinski definition) is 4. The van der Waals surface area contributed by atoms with Crippen molar-refractivity contribution in [1.29, 1.82) is 0 Å². The van der Waals surface area contributed by atoms with Crippen LogP contribution in [-0.2, 0) is 18.1 Å². The molecule has 0 saturated carbocycles. The van der Waals surface area contributed by atoms with Crippen molar-refractivity contribution in [3.8, 4) is 0 Å². The van der Waals surface area contributed by atoms with E-state index in [4.69, 9.17) is 0 Å². The molecule has 1 aromatic carbocycles. The van der Waals surface area contributed by atoms with Gasteiger partial charge in [0.2, 0.25) is 0 Å². The van der Waals surface area contributed by atoms with Gasteiger partial charge in [-0.15, -0.1) is 0 Å². The molecule has 84 valence electrons. The van der Waals surface area contributed by atoms with Gasteiger partial charge in [0, 0.05) is 5.69 Å². The Morgan fingerprint density at radius 3 is 1.93 bits per heavy atom. The Bertz CT molecular complexity index is 521. The molecule has 1 rings (SSSR count). The van der Waals surface area contributed by atoms with Crippen LogP contribution in [-0.4, -0.2) is 23.9 Å². The number of rotatable bonds is 4. The monoisotopic (exact) mass is 250 g/mol. The predicted octanol–water partition coefficient (Wildman–Crippen LogP) is -0.108. The molecule has 2 N–H and O–H groups in total. The first kappa shape index (κ1) is 12.0. The maximum atomic E-state index is 11.3. The Morgan fingerprint density at radius 1 is 0.933 bits per heavy atom. The summed E-state index contributed by atoms with van der Waals surface area (Å²) in [5.74, 6) is 0. The Labute approximate surface area is 87.8 Å². The van der Waals surface area contributed by atoms with Crippen molar-refractivity contribution >= 4 is 23.8 Å². The Hall–Kier alpha value is -1.12. The molecule has 0 heterocycles. The fourth-order valence-corrected chi connectivity index (χ4v) is 2.85. The van der Waals surface area contributed by atoms with Gasteiger partial charge < -0.3 is 0 Å². The maximum Gasteiger partial charge on any atom is 0.352 e. The van der Waals surface area contributed by atoms with Crippen LogP contribution in [0.25, 0.3) is 0 Å². The van der Waals surface area contributed by atoms with Crippen molar-refractivity contribution in [1.82, 2.24) is 4.72 Å². The summed E-state index contributed by atoms with van der Waals surface area (Å²) in [6.07, 6.45) is 0. The molecule has 0 aliphatic rings. The van der Waals surface area contributed by atoms with Gasteiger partial charge >= 0.3 is 18.1 Å². The van der Waals surface area contributed by atoms with Gasteiger partial charge in [0.1, 0.15) is 0 Å². The van der Waals surface area contributed by atoms with Gasteiger partial charge in [-0.1, -0.05) is 18.2 Å². The van der Waals surface area contributed by atoms with Crippen molar-refractivity contribution in [2.75, 3.05) is 11.8 Å². The highest BCUT2D eigenvalue weighted by Gasteiger charge is 2.27. The summed E-state index contributed by atoms with van der Waals surface area (Å²) in [6.45, 7) is 0. The molecule has 0 radical (unpaired) electrons. The zero-order chi connectivity index (χ0) is 11.5. The van der Waals surface area contributed by atoms with Gasteiger partial charge in [0.25, 0.3) is 0 Å². The first-order chi connectivity index (χ1) is 6.89. The van der Waals surface area contributed by atoms with Gasteiger partial charge in [-0.05, 0) is 19.2 Å². The van der Waals surface area contributed by atoms with Crippen LogP contribution >= 0.6 is 0 Å². The van der Waals surface area contributed by atoms with E-state index >= 15 is 0 Å². The number of para-hydroxylation sites is 1. The summed E-state index contributed by atoms with van der Waals surface area (Å²) in [4.78, 5) is 0. The molecule has 1 aromatic rings. The number of hydrogen-bond donors (Lipinski definition) is 2. The van der Waals surface area contributed by atoms with Crippen LogP contribution in [0.15, 0.2) is 30.3 Å². The zero-order valence-corrected chi connectivity index (χ0v) is 9.47. The van der Waals surface area contributed by atoms with Crippen LogP contribution in [0.5, 0.6) is 0 Å². The Kier molecular flexibility index (Phi) is 3.32. The Balaban J connectivity index is 3.03. The first-order valence-electron chi connectivity index (χ1n) is 3.90. The number of anilines is 1. The van der Waals surface area contributed by atoms with Gasteiger partial charge in [-0.2, -0.15) is 16.8 Å². The minimum atomic E-state index is -4.45. The summed E-state index contributed by atoms with van der Waals surface area (Å²) in [7, 11) is -7.81. The molecule has 0 aliphatic heterocycles. The second-order valence-electron chi connectivity index (χ2n) is 2.58. The lowest BCUT2D eigenvalue weighted by Gasteiger charge is -2.06. The van der Waals surface area contributed by atoms with Gasteiger partial charge in [-0.3, -0.25) is 4.72 Å². The lowest BCUT2D eigenvalue weighted by Crippen LogP contribution is -2.32. The predicted molar refractivity (Wildman–Crippen MR) is 57.0 cm³/mol. The van der Waals surface area contributed by atoms with E-state index < -0.39 is 18.1 Å². The van der Waals surface area contributed by atoms with E-state index in [0.717, 1.165) is 7.05 Å². The van der Waals surface area contributed by atoms with Crippen LogP contribution < -0.4 is 9.44 Å². The molecule has 0 saturated heterocycles. The fourth-order valence-electron chi connectivity index (χ4n) is 0.815. The van der Waals surface area contributed by atoms with Crippen LogP contribution in [0.1, 0.15) is 0 Å². The average molecular weight is 250 g/mol. The van der Waals surface area contributed by atoms with Gasteiger partial charge in [-0.25, -0.2) is 4.72 Å². The molecular weight excluding hydrogens is 240 g/mol. The molecule has 0 bridgehead atoms. The third-order valence-corrected chi connectivity index (χ3v) is 5.60. The van der Waals surface area contributed by atoms with Crippen molar-refractivity contribution in [3.05, 3.63) is 30.3 Å². The van der Waals surface area contributed by atoms with Crippen molar-refractivity contribution < 1.29 is 16.8 Å². The molecule has 0 aliphatic carbocycles. The van der Waals surface area contributed by atoms with Crippen LogP contribution in [0.3, 0.4) is 0 Å². The topological polar surface area (TPSA) is 92.3 Å². The number of nitrogens with one attached hydrogen (secondary N) is 2. The molecule has 0 spiro atoms. The summed E-state index contributed by atoms with van der Waals surface area (Å²) in [6, 6.07) is 7.75. The quantitative estimate of drug-likeness (QED) is 0.729. The van der Waals surface area contributed by atoms with Crippen molar-refractivity contribution in [2.45, 2.75) is 0 Å². The van der Waals surface area contributed by atoms with Gasteiger partial charge in [0.05, 0.1) is 0 Å². The minimum absolute atomic E-state index is 0.191. The molecule has 0 aromatic heterocycles. The highest BCUT2D eigenvalue weighted by Crippen LogP contribution is 2.10. The summed E-state index contributed by atoms with van der Waals surface area (Å²) >= 11 is 0. The third-order valence-electron chi connectivity index (χ3n) is 1.56. The lowest BCUT2D eigenvalue weighted by molar-refractivity contribution is 0.580. The van der Waals surface area contributed by atoms with E-state index in [9.17, 15) is 16.8 Å². The molecule has 0 atom stereocenters. The van der Waals surface area contributed by atoms with E-state index in [1.54, 1.807) is 22.9 Å². The minimum Gasteiger partial charge on any atom is -0.270 e. The largest absolute Gasteiger partial charge is 0.352 e. The highest BCUT2D eigenvalue weighted by atomic mass is 33.2. The van der Waals surface area contributed by atoms with Gasteiger partial charge in [0.15, 0.2) is 0 Å². The van der Waals surface area contributed by atoms with Crippen LogP contribution in [0.2, 0.25) is 0 Å². The second kappa shape index (κ2) is 4.17. The molecule has 15 heavy (non-hydrogen) atoms. The zero-order valence-electron chi connectivity index (χ0n) is 7.84. The molecule has 0 unspecified atom stereocenters. The molecule has 8 heteroatoms. The second-order valence-corrected chi connectivity index (χ2v) is 7.64. The summed E-state index contributed by atoms with van der Waals surface area (Å²) in [5, 5.41) is 0. The Morgan fingerprint density at radius 2 is 1.47 bits per heavy atom. The molecule has 0 fully saturated rings. The van der Waals surface area contributed by atoms with E-state index in [1.165, 1.54) is 12.1 Å². The summed E-state index contributed by atoms with van der Waals surface area (Å²) in [5.41, 5.74) is 0.191. The van der Waals surface area contributed by atoms with E-state index in [1.807, 2.05) is 4.72 Å². The van der Waals surface area contributed by atoms with E-state index in [-0.39, 0.29) is 5.69 Å².